The zero-order valence-corrected chi connectivity index (χ0v) is 11.6. The molecule has 3 nitrogen and oxygen atoms in total. The first-order valence-electron chi connectivity index (χ1n) is 7.31. The number of rotatable bonds is 2. The largest absolute Gasteiger partial charge is 0.338 e. The van der Waals surface area contributed by atoms with Crippen LogP contribution in [-0.2, 0) is 10.2 Å². The predicted octanol–water partition coefficient (Wildman–Crippen LogP) is 1.93. The summed E-state index contributed by atoms with van der Waals surface area (Å²) in [6.45, 7) is 4.95. The Morgan fingerprint density at radius 1 is 1.26 bits per heavy atom. The first-order chi connectivity index (χ1) is 9.24. The third-order valence-corrected chi connectivity index (χ3v) is 4.55. The Morgan fingerprint density at radius 2 is 2.00 bits per heavy atom. The lowest BCUT2D eigenvalue weighted by atomic mass is 9.93. The van der Waals surface area contributed by atoms with Crippen molar-refractivity contribution in [3.05, 3.63) is 35.9 Å². The van der Waals surface area contributed by atoms with Gasteiger partial charge in [0, 0.05) is 19.1 Å². The van der Waals surface area contributed by atoms with Crippen LogP contribution >= 0.6 is 0 Å². The number of nitrogens with one attached hydrogen (secondary N) is 1. The van der Waals surface area contributed by atoms with E-state index >= 15 is 0 Å². The van der Waals surface area contributed by atoms with Crippen LogP contribution in [-0.4, -0.2) is 36.5 Å². The van der Waals surface area contributed by atoms with Gasteiger partial charge in [-0.15, -0.1) is 0 Å². The fraction of sp³-hybridized carbons (Fsp3) is 0.562. The van der Waals surface area contributed by atoms with Crippen molar-refractivity contribution in [2.45, 2.75) is 37.6 Å². The fourth-order valence-corrected chi connectivity index (χ4v) is 3.10. The van der Waals surface area contributed by atoms with E-state index in [9.17, 15) is 4.79 Å². The Labute approximate surface area is 115 Å². The first-order valence-corrected chi connectivity index (χ1v) is 7.31. The molecule has 1 amide bonds. The van der Waals surface area contributed by atoms with E-state index in [1.165, 1.54) is 5.56 Å². The molecule has 1 saturated carbocycles. The molecule has 3 rings (SSSR count). The van der Waals surface area contributed by atoms with E-state index in [0.717, 1.165) is 38.9 Å². The lowest BCUT2D eigenvalue weighted by molar-refractivity contribution is -0.135. The molecule has 19 heavy (non-hydrogen) atoms. The third-order valence-electron chi connectivity index (χ3n) is 4.55. The predicted molar refractivity (Wildman–Crippen MR) is 76.0 cm³/mol. The summed E-state index contributed by atoms with van der Waals surface area (Å²) in [6, 6.07) is 10.6. The van der Waals surface area contributed by atoms with E-state index in [0.29, 0.717) is 11.9 Å². The van der Waals surface area contributed by atoms with Crippen LogP contribution < -0.4 is 5.32 Å². The summed E-state index contributed by atoms with van der Waals surface area (Å²) in [7, 11) is 0. The molecular formula is C16H22N2O. The standard InChI is InChI=1S/C16H22N2O/c1-13-7-10-17-11-12-18(13)15(19)16(8-9-16)14-5-3-2-4-6-14/h2-6,13,17H,7-12H2,1H3. The van der Waals surface area contributed by atoms with Gasteiger partial charge in [0.25, 0.3) is 0 Å². The van der Waals surface area contributed by atoms with E-state index in [-0.39, 0.29) is 5.41 Å². The quantitative estimate of drug-likeness (QED) is 0.879. The molecule has 2 fully saturated rings. The summed E-state index contributed by atoms with van der Waals surface area (Å²) < 4.78 is 0. The normalized spacial score (nSPS) is 25.7. The highest BCUT2D eigenvalue weighted by molar-refractivity contribution is 5.91. The lowest BCUT2D eigenvalue weighted by Crippen LogP contribution is -2.45. The molecule has 102 valence electrons. The highest BCUT2D eigenvalue weighted by Gasteiger charge is 2.53. The van der Waals surface area contributed by atoms with Gasteiger partial charge in [-0.25, -0.2) is 0 Å². The molecule has 0 aromatic heterocycles. The molecular weight excluding hydrogens is 236 g/mol. The molecule has 0 radical (unpaired) electrons. The van der Waals surface area contributed by atoms with E-state index in [4.69, 9.17) is 0 Å². The summed E-state index contributed by atoms with van der Waals surface area (Å²) in [5.74, 6) is 0.343. The summed E-state index contributed by atoms with van der Waals surface area (Å²) in [4.78, 5) is 15.0. The lowest BCUT2D eigenvalue weighted by Gasteiger charge is -2.31. The van der Waals surface area contributed by atoms with E-state index in [1.54, 1.807) is 0 Å². The Balaban J connectivity index is 1.83. The number of carbonyl (C=O) groups excluding carboxylic acids is 1. The van der Waals surface area contributed by atoms with Gasteiger partial charge >= 0.3 is 0 Å². The summed E-state index contributed by atoms with van der Waals surface area (Å²) in [6.07, 6.45) is 3.07. The number of nitrogens with zero attached hydrogens (tertiary/aromatic N) is 1. The second kappa shape index (κ2) is 4.97. The highest BCUT2D eigenvalue weighted by atomic mass is 16.2. The number of hydrogen-bond donors (Lipinski definition) is 1. The second-order valence-electron chi connectivity index (χ2n) is 5.83. The number of benzene rings is 1. The zero-order chi connectivity index (χ0) is 13.3. The van der Waals surface area contributed by atoms with Crippen molar-refractivity contribution in [2.24, 2.45) is 0 Å². The van der Waals surface area contributed by atoms with Crippen LogP contribution in [0.4, 0.5) is 0 Å². The maximum Gasteiger partial charge on any atom is 0.233 e. The minimum atomic E-state index is -0.208. The highest BCUT2D eigenvalue weighted by Crippen LogP contribution is 2.49. The molecule has 3 heteroatoms. The van der Waals surface area contributed by atoms with E-state index in [2.05, 4.69) is 29.3 Å². The average Bonchev–Trinajstić information content (AvgIpc) is 3.25. The Bertz CT molecular complexity index is 453. The number of carbonyl (C=O) groups is 1. The summed E-state index contributed by atoms with van der Waals surface area (Å²) in [5, 5.41) is 3.38. The molecule has 1 saturated heterocycles. The van der Waals surface area contributed by atoms with Crippen LogP contribution in [0, 0.1) is 0 Å². The topological polar surface area (TPSA) is 32.3 Å². The molecule has 1 aromatic carbocycles. The third kappa shape index (κ3) is 2.27. The molecule has 1 heterocycles. The van der Waals surface area contributed by atoms with Crippen LogP contribution in [0.5, 0.6) is 0 Å². The molecule has 1 aliphatic heterocycles. The van der Waals surface area contributed by atoms with Crippen molar-refractivity contribution in [2.75, 3.05) is 19.6 Å². The summed E-state index contributed by atoms with van der Waals surface area (Å²) in [5.41, 5.74) is 0.990. The van der Waals surface area contributed by atoms with Crippen molar-refractivity contribution < 1.29 is 4.79 Å². The van der Waals surface area contributed by atoms with E-state index < -0.39 is 0 Å². The molecule has 1 unspecified atom stereocenters. The molecule has 1 aromatic rings. The maximum absolute atomic E-state index is 12.9. The Hall–Kier alpha value is -1.35. The van der Waals surface area contributed by atoms with Gasteiger partial charge in [0.15, 0.2) is 0 Å². The molecule has 1 atom stereocenters. The summed E-state index contributed by atoms with van der Waals surface area (Å²) >= 11 is 0. The molecule has 0 bridgehead atoms. The molecule has 1 N–H and O–H groups in total. The van der Waals surface area contributed by atoms with E-state index in [1.807, 2.05) is 18.2 Å². The van der Waals surface area contributed by atoms with Gasteiger partial charge in [0.2, 0.25) is 5.91 Å². The minimum Gasteiger partial charge on any atom is -0.338 e. The van der Waals surface area contributed by atoms with Crippen LogP contribution in [0.1, 0.15) is 31.7 Å². The monoisotopic (exact) mass is 258 g/mol. The van der Waals surface area contributed by atoms with Crippen LogP contribution in [0.15, 0.2) is 30.3 Å². The maximum atomic E-state index is 12.9. The number of hydrogen-bond acceptors (Lipinski definition) is 2. The molecule has 0 spiro atoms. The number of amides is 1. The SMILES string of the molecule is CC1CCNCCN1C(=O)C1(c2ccccc2)CC1. The van der Waals surface area contributed by atoms with Gasteiger partial charge in [-0.2, -0.15) is 0 Å². The van der Waals surface area contributed by atoms with Crippen molar-refractivity contribution in [3.8, 4) is 0 Å². The van der Waals surface area contributed by atoms with Gasteiger partial charge in [-0.05, 0) is 38.3 Å². The van der Waals surface area contributed by atoms with Crippen LogP contribution in [0.3, 0.4) is 0 Å². The van der Waals surface area contributed by atoms with Crippen LogP contribution in [0.2, 0.25) is 0 Å². The first kappa shape index (κ1) is 12.7. The smallest absolute Gasteiger partial charge is 0.233 e. The van der Waals surface area contributed by atoms with Gasteiger partial charge < -0.3 is 10.2 Å². The second-order valence-corrected chi connectivity index (χ2v) is 5.83. The minimum absolute atomic E-state index is 0.208. The fourth-order valence-electron chi connectivity index (χ4n) is 3.10. The molecule has 1 aliphatic carbocycles. The van der Waals surface area contributed by atoms with Crippen molar-refractivity contribution >= 4 is 5.91 Å². The van der Waals surface area contributed by atoms with Crippen molar-refractivity contribution in [1.82, 2.24) is 10.2 Å². The Morgan fingerprint density at radius 3 is 2.68 bits per heavy atom. The van der Waals surface area contributed by atoms with Gasteiger partial charge in [0.1, 0.15) is 0 Å². The van der Waals surface area contributed by atoms with Crippen LogP contribution in [0.25, 0.3) is 0 Å². The van der Waals surface area contributed by atoms with Gasteiger partial charge in [-0.1, -0.05) is 30.3 Å². The van der Waals surface area contributed by atoms with Crippen molar-refractivity contribution in [3.63, 3.8) is 0 Å². The zero-order valence-electron chi connectivity index (χ0n) is 11.6. The average molecular weight is 258 g/mol. The van der Waals surface area contributed by atoms with Gasteiger partial charge in [0.05, 0.1) is 5.41 Å². The Kier molecular flexibility index (Phi) is 3.31. The van der Waals surface area contributed by atoms with Gasteiger partial charge in [-0.3, -0.25) is 4.79 Å². The molecule has 2 aliphatic rings. The van der Waals surface area contributed by atoms with Crippen molar-refractivity contribution in [1.29, 1.82) is 0 Å².